The third-order valence-corrected chi connectivity index (χ3v) is 7.87. The molecule has 1 saturated heterocycles. The fourth-order valence-corrected chi connectivity index (χ4v) is 6.00. The molecule has 0 bridgehead atoms. The second kappa shape index (κ2) is 10.5. The van der Waals surface area contributed by atoms with Crippen LogP contribution in [-0.4, -0.2) is 49.3 Å². The van der Waals surface area contributed by atoms with Crippen LogP contribution in [0.5, 0.6) is 5.75 Å². The molecule has 2 aliphatic heterocycles. The molecule has 3 atom stereocenters. The zero-order valence-corrected chi connectivity index (χ0v) is 20.9. The minimum absolute atomic E-state index is 0.000369. The lowest BCUT2D eigenvalue weighted by Gasteiger charge is -2.36. The molecule has 6 nitrogen and oxygen atoms in total. The highest BCUT2D eigenvalue weighted by molar-refractivity contribution is 7.86. The van der Waals surface area contributed by atoms with E-state index in [0.717, 1.165) is 43.0 Å². The number of aliphatic hydroxyl groups is 1. The largest absolute Gasteiger partial charge is 0.490 e. The molecule has 0 amide bonds. The summed E-state index contributed by atoms with van der Waals surface area (Å²) < 4.78 is 27.4. The number of anilines is 2. The van der Waals surface area contributed by atoms with Gasteiger partial charge in [0.2, 0.25) is 0 Å². The maximum Gasteiger partial charge on any atom is 0.152 e. The lowest BCUT2D eigenvalue weighted by Crippen LogP contribution is -2.36. The molecular formula is C26H36N2O4S. The Labute approximate surface area is 200 Å². The lowest BCUT2D eigenvalue weighted by molar-refractivity contribution is -0.0151. The van der Waals surface area contributed by atoms with Gasteiger partial charge in [0.15, 0.2) is 11.0 Å². The SMILES string of the molecule is CC(C)CN(c1ccc(N(C)C)cc1)S(=O)c1ccc2c(c1)C(O)CC(C1CCOCC1)O2. The van der Waals surface area contributed by atoms with Crippen molar-refractivity contribution in [2.24, 2.45) is 11.8 Å². The van der Waals surface area contributed by atoms with Gasteiger partial charge in [-0.25, -0.2) is 4.21 Å². The van der Waals surface area contributed by atoms with E-state index in [9.17, 15) is 9.32 Å². The number of aliphatic hydroxyl groups excluding tert-OH is 1. The molecule has 2 aromatic rings. The van der Waals surface area contributed by atoms with E-state index in [1.54, 1.807) is 0 Å². The smallest absolute Gasteiger partial charge is 0.152 e. The van der Waals surface area contributed by atoms with Crippen LogP contribution < -0.4 is 13.9 Å². The van der Waals surface area contributed by atoms with Crippen LogP contribution in [0.3, 0.4) is 0 Å². The number of fused-ring (bicyclic) bond motifs is 1. The number of hydrogen-bond donors (Lipinski definition) is 1. The molecule has 180 valence electrons. The van der Waals surface area contributed by atoms with E-state index in [1.807, 2.05) is 65.8 Å². The Hall–Kier alpha value is -2.09. The van der Waals surface area contributed by atoms with Crippen molar-refractivity contribution in [3.05, 3.63) is 48.0 Å². The van der Waals surface area contributed by atoms with Crippen molar-refractivity contribution in [1.29, 1.82) is 0 Å². The minimum Gasteiger partial charge on any atom is -0.490 e. The molecule has 3 unspecified atom stereocenters. The van der Waals surface area contributed by atoms with Gasteiger partial charge in [-0.1, -0.05) is 13.8 Å². The van der Waals surface area contributed by atoms with Crippen molar-refractivity contribution in [3.8, 4) is 5.75 Å². The fraction of sp³-hybridized carbons (Fsp3) is 0.538. The van der Waals surface area contributed by atoms with Crippen molar-refractivity contribution in [2.45, 2.75) is 50.2 Å². The summed E-state index contributed by atoms with van der Waals surface area (Å²) in [6.07, 6.45) is 1.88. The molecule has 1 fully saturated rings. The highest BCUT2D eigenvalue weighted by Gasteiger charge is 2.34. The lowest BCUT2D eigenvalue weighted by atomic mass is 9.87. The number of hydrogen-bond acceptors (Lipinski definition) is 5. The van der Waals surface area contributed by atoms with Crippen LogP contribution in [0.4, 0.5) is 11.4 Å². The van der Waals surface area contributed by atoms with Gasteiger partial charge in [-0.15, -0.1) is 0 Å². The van der Waals surface area contributed by atoms with E-state index in [0.29, 0.717) is 35.4 Å². The molecule has 0 radical (unpaired) electrons. The van der Waals surface area contributed by atoms with E-state index in [2.05, 4.69) is 13.8 Å². The third-order valence-electron chi connectivity index (χ3n) is 6.45. The Morgan fingerprint density at radius 1 is 1.06 bits per heavy atom. The monoisotopic (exact) mass is 472 g/mol. The molecule has 2 heterocycles. The summed E-state index contributed by atoms with van der Waals surface area (Å²) in [6.45, 7) is 6.42. The second-order valence-electron chi connectivity index (χ2n) is 9.67. The zero-order valence-electron chi connectivity index (χ0n) is 20.1. The van der Waals surface area contributed by atoms with E-state index < -0.39 is 17.1 Å². The average Bonchev–Trinajstić information content (AvgIpc) is 2.82. The van der Waals surface area contributed by atoms with Gasteiger partial charge in [-0.2, -0.15) is 0 Å². The van der Waals surface area contributed by atoms with E-state index in [1.165, 1.54) is 0 Å². The molecule has 0 aromatic heterocycles. The summed E-state index contributed by atoms with van der Waals surface area (Å²) in [5.74, 6) is 1.45. The topological polar surface area (TPSA) is 62.2 Å². The minimum atomic E-state index is -1.40. The van der Waals surface area contributed by atoms with Crippen molar-refractivity contribution in [1.82, 2.24) is 0 Å². The van der Waals surface area contributed by atoms with Gasteiger partial charge in [0.25, 0.3) is 0 Å². The molecule has 2 aliphatic rings. The molecule has 7 heteroatoms. The van der Waals surface area contributed by atoms with Gasteiger partial charge >= 0.3 is 0 Å². The van der Waals surface area contributed by atoms with Crippen molar-refractivity contribution >= 4 is 22.4 Å². The summed E-state index contributed by atoms with van der Waals surface area (Å²) in [6, 6.07) is 13.7. The van der Waals surface area contributed by atoms with Crippen LogP contribution >= 0.6 is 0 Å². The average molecular weight is 473 g/mol. The van der Waals surface area contributed by atoms with Crippen LogP contribution in [0.2, 0.25) is 0 Å². The zero-order chi connectivity index (χ0) is 23.5. The van der Waals surface area contributed by atoms with Gasteiger partial charge in [-0.05, 0) is 61.2 Å². The second-order valence-corrected chi connectivity index (χ2v) is 11.1. The molecule has 0 spiro atoms. The first-order valence-corrected chi connectivity index (χ1v) is 13.0. The number of benzene rings is 2. The summed E-state index contributed by atoms with van der Waals surface area (Å²) in [5, 5.41) is 10.9. The number of nitrogens with zero attached hydrogens (tertiary/aromatic N) is 2. The van der Waals surface area contributed by atoms with Gasteiger partial charge in [0, 0.05) is 63.1 Å². The molecular weight excluding hydrogens is 436 g/mol. The van der Waals surface area contributed by atoms with Gasteiger partial charge in [0.1, 0.15) is 11.9 Å². The molecule has 1 N–H and O–H groups in total. The van der Waals surface area contributed by atoms with Crippen LogP contribution in [0, 0.1) is 11.8 Å². The van der Waals surface area contributed by atoms with Gasteiger partial charge < -0.3 is 19.5 Å². The first-order valence-electron chi connectivity index (χ1n) is 11.9. The quantitative estimate of drug-likeness (QED) is 0.641. The predicted molar refractivity (Wildman–Crippen MR) is 133 cm³/mol. The maximum absolute atomic E-state index is 13.7. The Bertz CT molecular complexity index is 957. The molecule has 4 rings (SSSR count). The highest BCUT2D eigenvalue weighted by atomic mass is 32.2. The standard InChI is InChI=1S/C26H36N2O4S/c1-18(2)17-28(21-7-5-20(6-8-21)27(3)4)33(30)22-9-10-25-23(15-22)24(29)16-26(32-25)19-11-13-31-14-12-19/h5-10,15,18-19,24,26,29H,11-14,16-17H2,1-4H3. The first-order chi connectivity index (χ1) is 15.8. The Morgan fingerprint density at radius 3 is 2.36 bits per heavy atom. The molecule has 33 heavy (non-hydrogen) atoms. The van der Waals surface area contributed by atoms with Gasteiger partial charge in [0.05, 0.1) is 11.0 Å². The number of ether oxygens (including phenoxy) is 2. The van der Waals surface area contributed by atoms with E-state index in [-0.39, 0.29) is 6.10 Å². The molecule has 0 saturated carbocycles. The van der Waals surface area contributed by atoms with Crippen molar-refractivity contribution < 1.29 is 18.8 Å². The molecule has 0 aliphatic carbocycles. The van der Waals surface area contributed by atoms with Crippen LogP contribution in [0.25, 0.3) is 0 Å². The van der Waals surface area contributed by atoms with Crippen LogP contribution in [-0.2, 0) is 15.7 Å². The Morgan fingerprint density at radius 2 is 1.73 bits per heavy atom. The van der Waals surface area contributed by atoms with E-state index in [4.69, 9.17) is 9.47 Å². The summed E-state index contributed by atoms with van der Waals surface area (Å²) in [4.78, 5) is 2.73. The normalized spacial score (nSPS) is 21.9. The summed E-state index contributed by atoms with van der Waals surface area (Å²) >= 11 is 0. The maximum atomic E-state index is 13.7. The summed E-state index contributed by atoms with van der Waals surface area (Å²) in [5.41, 5.74) is 2.75. The van der Waals surface area contributed by atoms with E-state index >= 15 is 0 Å². The van der Waals surface area contributed by atoms with Crippen molar-refractivity contribution in [2.75, 3.05) is 43.1 Å². The highest BCUT2D eigenvalue weighted by Crippen LogP contribution is 2.40. The molecule has 2 aromatic carbocycles. The van der Waals surface area contributed by atoms with Crippen LogP contribution in [0.1, 0.15) is 44.8 Å². The Kier molecular flexibility index (Phi) is 7.62. The Balaban J connectivity index is 1.57. The fourth-order valence-electron chi connectivity index (χ4n) is 4.58. The summed E-state index contributed by atoms with van der Waals surface area (Å²) in [7, 11) is 2.61. The first kappa shape index (κ1) is 24.0. The van der Waals surface area contributed by atoms with Crippen molar-refractivity contribution in [3.63, 3.8) is 0 Å². The number of rotatable bonds is 7. The third kappa shape index (κ3) is 5.53. The van der Waals surface area contributed by atoms with Gasteiger partial charge in [-0.3, -0.25) is 4.31 Å². The van der Waals surface area contributed by atoms with Crippen LogP contribution in [0.15, 0.2) is 47.4 Å². The predicted octanol–water partition coefficient (Wildman–Crippen LogP) is 4.55.